The average Bonchev–Trinajstić information content (AvgIpc) is 2.90. The van der Waals surface area contributed by atoms with Gasteiger partial charge in [0.05, 0.1) is 11.4 Å². The Morgan fingerprint density at radius 3 is 2.45 bits per heavy atom. The number of nitrogens with zero attached hydrogens (tertiary/aromatic N) is 2. The summed E-state index contributed by atoms with van der Waals surface area (Å²) in [5.74, 6) is 0.275. The maximum Gasteiger partial charge on any atom is 0.242 e. The van der Waals surface area contributed by atoms with E-state index < -0.39 is 15.6 Å². The summed E-state index contributed by atoms with van der Waals surface area (Å²) >= 11 is 0. The summed E-state index contributed by atoms with van der Waals surface area (Å²) < 4.78 is 30.1. The van der Waals surface area contributed by atoms with Crippen molar-refractivity contribution in [1.82, 2.24) is 14.3 Å². The highest BCUT2D eigenvalue weighted by Crippen LogP contribution is 2.41. The molecule has 0 unspecified atom stereocenters. The molecule has 1 aliphatic carbocycles. The molecule has 0 bridgehead atoms. The Kier molecular flexibility index (Phi) is 4.70. The van der Waals surface area contributed by atoms with Gasteiger partial charge >= 0.3 is 0 Å². The van der Waals surface area contributed by atoms with Gasteiger partial charge in [-0.1, -0.05) is 0 Å². The van der Waals surface area contributed by atoms with E-state index >= 15 is 0 Å². The van der Waals surface area contributed by atoms with Crippen molar-refractivity contribution in [1.29, 1.82) is 0 Å². The Bertz CT molecular complexity index is 1170. The smallest absolute Gasteiger partial charge is 0.242 e. The number of nitrogens with one attached hydrogen (secondary N) is 1. The van der Waals surface area contributed by atoms with Crippen LogP contribution in [-0.4, -0.2) is 28.6 Å². The molecule has 1 saturated carbocycles. The zero-order valence-electron chi connectivity index (χ0n) is 17.2. The lowest BCUT2D eigenvalue weighted by atomic mass is 9.92. The predicted molar refractivity (Wildman–Crippen MR) is 115 cm³/mol. The first kappa shape index (κ1) is 19.9. The quantitative estimate of drug-likeness (QED) is 0.659. The lowest BCUT2D eigenvalue weighted by molar-refractivity contribution is 0.324. The molecule has 0 aliphatic heterocycles. The molecule has 6 nitrogen and oxygen atoms in total. The largest absolute Gasteiger partial charge is 0.508 e. The Labute approximate surface area is 171 Å². The third kappa shape index (κ3) is 3.76. The van der Waals surface area contributed by atoms with E-state index in [1.165, 1.54) is 12.6 Å². The van der Waals surface area contributed by atoms with Crippen molar-refractivity contribution in [2.24, 2.45) is 0 Å². The van der Waals surface area contributed by atoms with E-state index in [1.807, 2.05) is 19.1 Å². The first-order valence-corrected chi connectivity index (χ1v) is 11.4. The second kappa shape index (κ2) is 6.85. The Hall–Kier alpha value is -2.38. The number of aromatic nitrogens is 2. The van der Waals surface area contributed by atoms with Crippen LogP contribution in [-0.2, 0) is 10.0 Å². The molecular weight excluding hydrogens is 386 g/mol. The maximum absolute atomic E-state index is 12.6. The fourth-order valence-electron chi connectivity index (χ4n) is 3.76. The van der Waals surface area contributed by atoms with Gasteiger partial charge in [-0.3, -0.25) is 4.98 Å². The van der Waals surface area contributed by atoms with Crippen molar-refractivity contribution in [3.05, 3.63) is 42.1 Å². The van der Waals surface area contributed by atoms with Crippen molar-refractivity contribution < 1.29 is 13.5 Å². The molecule has 3 aromatic rings. The van der Waals surface area contributed by atoms with Crippen LogP contribution in [0.15, 0.2) is 41.4 Å². The summed E-state index contributed by atoms with van der Waals surface area (Å²) in [5, 5.41) is 11.1. The van der Waals surface area contributed by atoms with Crippen LogP contribution in [0.4, 0.5) is 0 Å². The number of phenolic OH excluding ortho intramolecular Hbond substituents is 1. The molecule has 2 N–H and O–H groups in total. The summed E-state index contributed by atoms with van der Waals surface area (Å²) in [6.45, 7) is 7.31. The molecule has 0 saturated heterocycles. The number of fused-ring (bicyclic) bond motifs is 1. The molecule has 29 heavy (non-hydrogen) atoms. The SMILES string of the molecule is Cc1cc2c(cc1O)cc(-c1ccc(S(=O)(=O)NC(C)(C)C)cn1)n2C1CCC1. The van der Waals surface area contributed by atoms with Crippen molar-refractivity contribution in [2.45, 2.75) is 63.4 Å². The van der Waals surface area contributed by atoms with E-state index in [1.54, 1.807) is 39.0 Å². The van der Waals surface area contributed by atoms with Crippen molar-refractivity contribution in [2.75, 3.05) is 0 Å². The van der Waals surface area contributed by atoms with Crippen LogP contribution in [0.1, 0.15) is 51.6 Å². The summed E-state index contributed by atoms with van der Waals surface area (Å²) in [6, 6.07) is 9.58. The van der Waals surface area contributed by atoms with E-state index in [9.17, 15) is 13.5 Å². The molecule has 0 radical (unpaired) electrons. The van der Waals surface area contributed by atoms with E-state index in [2.05, 4.69) is 14.3 Å². The van der Waals surface area contributed by atoms with E-state index in [-0.39, 0.29) is 10.6 Å². The third-order valence-electron chi connectivity index (χ3n) is 5.35. The van der Waals surface area contributed by atoms with Gasteiger partial charge in [0.1, 0.15) is 10.6 Å². The number of sulfonamides is 1. The molecule has 0 amide bonds. The summed E-state index contributed by atoms with van der Waals surface area (Å²) in [4.78, 5) is 4.63. The standard InChI is InChI=1S/C22H27N3O3S/c1-14-10-19-15(12-21(14)26)11-20(25(19)16-6-5-7-16)18-9-8-17(13-23-18)29(27,28)24-22(2,3)4/h8-13,16,24,26H,5-7H2,1-4H3. The first-order chi connectivity index (χ1) is 13.5. The summed E-state index contributed by atoms with van der Waals surface area (Å²) in [5.41, 5.74) is 3.02. The van der Waals surface area contributed by atoms with Gasteiger partial charge in [-0.25, -0.2) is 13.1 Å². The molecule has 4 rings (SSSR count). The van der Waals surface area contributed by atoms with Crippen LogP contribution >= 0.6 is 0 Å². The van der Waals surface area contributed by atoms with Gasteiger partial charge in [0.15, 0.2) is 0 Å². The van der Waals surface area contributed by atoms with Gasteiger partial charge in [-0.05, 0) is 82.9 Å². The Morgan fingerprint density at radius 2 is 1.90 bits per heavy atom. The summed E-state index contributed by atoms with van der Waals surface area (Å²) in [7, 11) is -3.63. The molecule has 0 atom stereocenters. The van der Waals surface area contributed by atoms with Gasteiger partial charge < -0.3 is 9.67 Å². The number of hydrogen-bond donors (Lipinski definition) is 2. The molecule has 0 spiro atoms. The number of phenols is 1. The summed E-state index contributed by atoms with van der Waals surface area (Å²) in [6.07, 6.45) is 4.83. The number of rotatable bonds is 4. The molecular formula is C22H27N3O3S. The van der Waals surface area contributed by atoms with Gasteiger partial charge in [0.2, 0.25) is 10.0 Å². The van der Waals surface area contributed by atoms with E-state index in [4.69, 9.17) is 0 Å². The van der Waals surface area contributed by atoms with Crippen molar-refractivity contribution >= 4 is 20.9 Å². The lowest BCUT2D eigenvalue weighted by Crippen LogP contribution is -2.40. The Morgan fingerprint density at radius 1 is 1.17 bits per heavy atom. The highest BCUT2D eigenvalue weighted by atomic mass is 32.2. The van der Waals surface area contributed by atoms with Crippen LogP contribution in [0.25, 0.3) is 22.3 Å². The minimum Gasteiger partial charge on any atom is -0.508 e. The molecule has 2 heterocycles. The number of hydrogen-bond acceptors (Lipinski definition) is 4. The number of benzene rings is 1. The Balaban J connectivity index is 1.79. The predicted octanol–water partition coefficient (Wildman–Crippen LogP) is 4.52. The maximum atomic E-state index is 12.6. The van der Waals surface area contributed by atoms with Crippen LogP contribution in [0, 0.1) is 6.92 Å². The topological polar surface area (TPSA) is 84.2 Å². The third-order valence-corrected chi connectivity index (χ3v) is 7.09. The zero-order chi connectivity index (χ0) is 21.0. The van der Waals surface area contributed by atoms with Gasteiger partial charge in [0, 0.05) is 28.7 Å². The van der Waals surface area contributed by atoms with Crippen molar-refractivity contribution in [3.63, 3.8) is 0 Å². The van der Waals surface area contributed by atoms with Crippen LogP contribution in [0.3, 0.4) is 0 Å². The minimum atomic E-state index is -3.63. The van der Waals surface area contributed by atoms with Crippen LogP contribution in [0.2, 0.25) is 0 Å². The number of aryl methyl sites for hydroxylation is 1. The van der Waals surface area contributed by atoms with Gasteiger partial charge in [-0.2, -0.15) is 0 Å². The second-order valence-electron chi connectivity index (χ2n) is 8.92. The lowest BCUT2D eigenvalue weighted by Gasteiger charge is -2.30. The highest BCUT2D eigenvalue weighted by Gasteiger charge is 2.26. The monoisotopic (exact) mass is 413 g/mol. The second-order valence-corrected chi connectivity index (χ2v) is 10.6. The number of pyridine rings is 1. The zero-order valence-corrected chi connectivity index (χ0v) is 18.0. The fraction of sp³-hybridized carbons (Fsp3) is 0.409. The normalized spacial score (nSPS) is 15.6. The molecule has 2 aromatic heterocycles. The molecule has 154 valence electrons. The highest BCUT2D eigenvalue weighted by molar-refractivity contribution is 7.89. The molecule has 1 fully saturated rings. The van der Waals surface area contributed by atoms with Crippen molar-refractivity contribution in [3.8, 4) is 17.1 Å². The van der Waals surface area contributed by atoms with E-state index in [0.717, 1.165) is 40.7 Å². The molecule has 7 heteroatoms. The fourth-order valence-corrected chi connectivity index (χ4v) is 5.12. The minimum absolute atomic E-state index is 0.149. The van der Waals surface area contributed by atoms with Crippen LogP contribution in [0.5, 0.6) is 5.75 Å². The average molecular weight is 414 g/mol. The molecule has 1 aliphatic rings. The number of aromatic hydroxyl groups is 1. The van der Waals surface area contributed by atoms with Gasteiger partial charge in [0.25, 0.3) is 0 Å². The van der Waals surface area contributed by atoms with Gasteiger partial charge in [-0.15, -0.1) is 0 Å². The van der Waals surface area contributed by atoms with Crippen LogP contribution < -0.4 is 4.72 Å². The molecule has 1 aromatic carbocycles. The van der Waals surface area contributed by atoms with E-state index in [0.29, 0.717) is 6.04 Å². The first-order valence-electron chi connectivity index (χ1n) is 9.90.